The summed E-state index contributed by atoms with van der Waals surface area (Å²) in [4.78, 5) is 28.0. The van der Waals surface area contributed by atoms with Crippen molar-refractivity contribution < 1.29 is 9.59 Å². The predicted molar refractivity (Wildman–Crippen MR) is 131 cm³/mol. The van der Waals surface area contributed by atoms with Crippen LogP contribution in [0.15, 0.2) is 66.7 Å². The van der Waals surface area contributed by atoms with Crippen molar-refractivity contribution >= 4 is 22.6 Å². The number of hydrogen-bond donors (Lipinski definition) is 1. The van der Waals surface area contributed by atoms with Crippen molar-refractivity contribution in [3.05, 3.63) is 83.4 Å². The molecule has 0 unspecified atom stereocenters. The highest BCUT2D eigenvalue weighted by atomic mass is 16.2. The molecule has 0 aliphatic rings. The van der Waals surface area contributed by atoms with E-state index in [0.29, 0.717) is 19.4 Å². The van der Waals surface area contributed by atoms with Crippen molar-refractivity contribution in [3.8, 4) is 0 Å². The fourth-order valence-electron chi connectivity index (χ4n) is 3.84. The molecule has 4 heteroatoms. The minimum Gasteiger partial charge on any atom is -0.350 e. The smallest absolute Gasteiger partial charge is 0.242 e. The molecule has 0 aromatic heterocycles. The van der Waals surface area contributed by atoms with Crippen LogP contribution in [0.4, 0.5) is 0 Å². The monoisotopic (exact) mass is 430 g/mol. The van der Waals surface area contributed by atoms with Gasteiger partial charge in [-0.05, 0) is 62.9 Å². The third-order valence-corrected chi connectivity index (χ3v) is 5.63. The second-order valence-electron chi connectivity index (χ2n) is 9.56. The summed E-state index contributed by atoms with van der Waals surface area (Å²) in [6, 6.07) is 22.0. The fraction of sp³-hybridized carbons (Fsp3) is 0.357. The van der Waals surface area contributed by atoms with Gasteiger partial charge in [0.05, 0.1) is 0 Å². The maximum atomic E-state index is 13.4. The van der Waals surface area contributed by atoms with Crippen LogP contribution in [0.2, 0.25) is 0 Å². The molecule has 0 radical (unpaired) electrons. The first-order valence-corrected chi connectivity index (χ1v) is 11.3. The molecule has 3 aromatic carbocycles. The first kappa shape index (κ1) is 23.5. The summed E-state index contributed by atoms with van der Waals surface area (Å²) >= 11 is 0. The van der Waals surface area contributed by atoms with Crippen molar-refractivity contribution in [2.45, 2.75) is 65.6 Å². The lowest BCUT2D eigenvalue weighted by molar-refractivity contribution is -0.141. The summed E-state index contributed by atoms with van der Waals surface area (Å²) in [7, 11) is 0. The Kier molecular flexibility index (Phi) is 7.34. The Balaban J connectivity index is 1.80. The molecule has 0 saturated heterocycles. The summed E-state index contributed by atoms with van der Waals surface area (Å²) in [5.74, 6) is -0.154. The molecule has 0 saturated carbocycles. The molecule has 32 heavy (non-hydrogen) atoms. The standard InChI is InChI=1S/C28H34N2O2/c1-20-13-15-22(16-14-20)19-30(21(2)27(32)29-28(3,4)5)26(31)18-17-24-11-8-10-23-9-6-7-12-25(23)24/h6-16,21H,17-19H2,1-5H3,(H,29,32)/t21-/m1/s1. The molecule has 2 amide bonds. The normalized spacial score (nSPS) is 12.4. The van der Waals surface area contributed by atoms with Gasteiger partial charge >= 0.3 is 0 Å². The van der Waals surface area contributed by atoms with Crippen LogP contribution in [0.3, 0.4) is 0 Å². The Bertz CT molecular complexity index is 1080. The number of nitrogens with one attached hydrogen (secondary N) is 1. The van der Waals surface area contributed by atoms with Crippen LogP contribution >= 0.6 is 0 Å². The van der Waals surface area contributed by atoms with Crippen molar-refractivity contribution in [2.75, 3.05) is 0 Å². The van der Waals surface area contributed by atoms with Gasteiger partial charge in [0.1, 0.15) is 6.04 Å². The van der Waals surface area contributed by atoms with Crippen LogP contribution in [-0.2, 0) is 22.6 Å². The maximum Gasteiger partial charge on any atom is 0.242 e. The number of rotatable bonds is 7. The lowest BCUT2D eigenvalue weighted by Crippen LogP contribution is -2.52. The minimum absolute atomic E-state index is 0.0185. The molecule has 0 heterocycles. The summed E-state index contributed by atoms with van der Waals surface area (Å²) in [6.45, 7) is 10.1. The number of carbonyl (C=O) groups excluding carboxylic acids is 2. The molecule has 0 fully saturated rings. The van der Waals surface area contributed by atoms with Gasteiger partial charge in [0.2, 0.25) is 11.8 Å². The third kappa shape index (κ3) is 6.19. The topological polar surface area (TPSA) is 49.4 Å². The molecular formula is C28H34N2O2. The van der Waals surface area contributed by atoms with Gasteiger partial charge in [-0.2, -0.15) is 0 Å². The number of aryl methyl sites for hydroxylation is 2. The van der Waals surface area contributed by atoms with Crippen molar-refractivity contribution in [3.63, 3.8) is 0 Å². The number of nitrogens with zero attached hydrogens (tertiary/aromatic N) is 1. The SMILES string of the molecule is Cc1ccc(CN(C(=O)CCc2cccc3ccccc23)[C@H](C)C(=O)NC(C)(C)C)cc1. The number of hydrogen-bond acceptors (Lipinski definition) is 2. The lowest BCUT2D eigenvalue weighted by atomic mass is 10.0. The van der Waals surface area contributed by atoms with Gasteiger partial charge in [0, 0.05) is 18.5 Å². The zero-order valence-electron chi connectivity index (χ0n) is 19.8. The quantitative estimate of drug-likeness (QED) is 0.545. The zero-order valence-corrected chi connectivity index (χ0v) is 19.8. The largest absolute Gasteiger partial charge is 0.350 e. The first-order valence-electron chi connectivity index (χ1n) is 11.3. The predicted octanol–water partition coefficient (Wildman–Crippen LogP) is 5.41. The molecule has 168 valence electrons. The van der Waals surface area contributed by atoms with E-state index in [4.69, 9.17) is 0 Å². The summed E-state index contributed by atoms with van der Waals surface area (Å²) < 4.78 is 0. The van der Waals surface area contributed by atoms with E-state index in [2.05, 4.69) is 29.6 Å². The average molecular weight is 431 g/mol. The van der Waals surface area contributed by atoms with E-state index in [0.717, 1.165) is 11.1 Å². The second-order valence-corrected chi connectivity index (χ2v) is 9.56. The summed E-state index contributed by atoms with van der Waals surface area (Å²) in [5, 5.41) is 5.36. The molecule has 4 nitrogen and oxygen atoms in total. The maximum absolute atomic E-state index is 13.4. The second kappa shape index (κ2) is 9.99. The van der Waals surface area contributed by atoms with Gasteiger partial charge < -0.3 is 10.2 Å². The van der Waals surface area contributed by atoms with Gasteiger partial charge in [-0.1, -0.05) is 72.3 Å². The highest BCUT2D eigenvalue weighted by Crippen LogP contribution is 2.21. The molecule has 3 rings (SSSR count). The van der Waals surface area contributed by atoms with Gasteiger partial charge in [0.15, 0.2) is 0 Å². The minimum atomic E-state index is -0.560. The van der Waals surface area contributed by atoms with E-state index in [9.17, 15) is 9.59 Å². The number of carbonyl (C=O) groups is 2. The fourth-order valence-corrected chi connectivity index (χ4v) is 3.84. The van der Waals surface area contributed by atoms with E-state index in [1.807, 2.05) is 77.1 Å². The number of amides is 2. The first-order chi connectivity index (χ1) is 15.1. The summed E-state index contributed by atoms with van der Waals surface area (Å²) in [5.41, 5.74) is 2.98. The summed E-state index contributed by atoms with van der Waals surface area (Å²) in [6.07, 6.45) is 0.991. The highest BCUT2D eigenvalue weighted by Gasteiger charge is 2.28. The van der Waals surface area contributed by atoms with Crippen LogP contribution in [0.25, 0.3) is 10.8 Å². The zero-order chi connectivity index (χ0) is 23.3. The Morgan fingerprint density at radius 3 is 2.28 bits per heavy atom. The molecular weight excluding hydrogens is 396 g/mol. The van der Waals surface area contributed by atoms with E-state index in [1.165, 1.54) is 16.3 Å². The highest BCUT2D eigenvalue weighted by molar-refractivity contribution is 5.89. The lowest BCUT2D eigenvalue weighted by Gasteiger charge is -2.31. The van der Waals surface area contributed by atoms with E-state index in [1.54, 1.807) is 4.90 Å². The van der Waals surface area contributed by atoms with Crippen molar-refractivity contribution in [1.82, 2.24) is 10.2 Å². The molecule has 1 atom stereocenters. The third-order valence-electron chi connectivity index (χ3n) is 5.63. The van der Waals surface area contributed by atoms with Gasteiger partial charge in [0.25, 0.3) is 0 Å². The molecule has 3 aromatic rings. The Hall–Kier alpha value is -3.14. The number of fused-ring (bicyclic) bond motifs is 1. The van der Waals surface area contributed by atoms with E-state index < -0.39 is 6.04 Å². The van der Waals surface area contributed by atoms with Crippen LogP contribution in [-0.4, -0.2) is 28.3 Å². The Morgan fingerprint density at radius 1 is 0.938 bits per heavy atom. The average Bonchev–Trinajstić information content (AvgIpc) is 2.75. The van der Waals surface area contributed by atoms with Crippen LogP contribution in [0.1, 0.15) is 50.8 Å². The molecule has 0 aliphatic carbocycles. The van der Waals surface area contributed by atoms with Gasteiger partial charge in [-0.25, -0.2) is 0 Å². The van der Waals surface area contributed by atoms with E-state index in [-0.39, 0.29) is 17.4 Å². The number of benzene rings is 3. The van der Waals surface area contributed by atoms with Crippen molar-refractivity contribution in [2.24, 2.45) is 0 Å². The van der Waals surface area contributed by atoms with Crippen molar-refractivity contribution in [1.29, 1.82) is 0 Å². The van der Waals surface area contributed by atoms with Crippen LogP contribution < -0.4 is 5.32 Å². The molecule has 0 bridgehead atoms. The van der Waals surface area contributed by atoms with Crippen LogP contribution in [0.5, 0.6) is 0 Å². The Morgan fingerprint density at radius 2 is 1.59 bits per heavy atom. The van der Waals surface area contributed by atoms with Gasteiger partial charge in [-0.15, -0.1) is 0 Å². The molecule has 0 aliphatic heterocycles. The van der Waals surface area contributed by atoms with Gasteiger partial charge in [-0.3, -0.25) is 9.59 Å². The van der Waals surface area contributed by atoms with Crippen LogP contribution in [0, 0.1) is 6.92 Å². The Labute approximate surface area is 191 Å². The molecule has 0 spiro atoms. The molecule has 1 N–H and O–H groups in total. The van der Waals surface area contributed by atoms with E-state index >= 15 is 0 Å².